The summed E-state index contributed by atoms with van der Waals surface area (Å²) >= 11 is 9.19. The minimum absolute atomic E-state index is 0.0683. The van der Waals surface area contributed by atoms with Gasteiger partial charge in [0.25, 0.3) is 5.91 Å². The highest BCUT2D eigenvalue weighted by atomic mass is 79.9. The first-order valence-corrected chi connectivity index (χ1v) is 7.34. The van der Waals surface area contributed by atoms with Crippen LogP contribution in [-0.4, -0.2) is 19.6 Å². The Hall–Kier alpha value is -1.72. The van der Waals surface area contributed by atoms with Crippen LogP contribution in [0.25, 0.3) is 0 Å². The molecule has 1 amide bonds. The first kappa shape index (κ1) is 15.7. The number of likely N-dealkylation sites (N-methyl/N-ethyl adjacent to an activating group) is 1. The third kappa shape index (κ3) is 4.12. The highest BCUT2D eigenvalue weighted by Gasteiger charge is 2.12. The molecule has 0 unspecified atom stereocenters. The molecule has 0 spiro atoms. The topological polar surface area (TPSA) is 55.6 Å². The van der Waals surface area contributed by atoms with Crippen molar-refractivity contribution in [1.82, 2.24) is 0 Å². The molecule has 6 heteroatoms. The molecule has 21 heavy (non-hydrogen) atoms. The molecule has 2 rings (SSSR count). The second kappa shape index (κ2) is 6.83. The van der Waals surface area contributed by atoms with Crippen molar-refractivity contribution >= 4 is 44.8 Å². The van der Waals surface area contributed by atoms with Gasteiger partial charge in [0.15, 0.2) is 6.61 Å². The van der Waals surface area contributed by atoms with Crippen LogP contribution < -0.4 is 15.4 Å². The summed E-state index contributed by atoms with van der Waals surface area (Å²) in [7, 11) is 1.69. The van der Waals surface area contributed by atoms with Gasteiger partial charge in [-0.05, 0) is 58.4 Å². The summed E-state index contributed by atoms with van der Waals surface area (Å²) in [5, 5.41) is 0.597. The molecule has 0 fully saturated rings. The SMILES string of the molecule is CN(C(=O)COc1ccc(Cl)cc1Br)c1ccc(N)cc1. The van der Waals surface area contributed by atoms with Gasteiger partial charge in [-0.3, -0.25) is 4.79 Å². The van der Waals surface area contributed by atoms with Crippen LogP contribution in [0.5, 0.6) is 5.75 Å². The lowest BCUT2D eigenvalue weighted by molar-refractivity contribution is -0.120. The molecule has 2 aromatic rings. The van der Waals surface area contributed by atoms with Crippen LogP contribution in [-0.2, 0) is 4.79 Å². The number of anilines is 2. The van der Waals surface area contributed by atoms with Crippen LogP contribution in [0.1, 0.15) is 0 Å². The zero-order chi connectivity index (χ0) is 15.4. The fraction of sp³-hybridized carbons (Fsp3) is 0.133. The molecule has 0 aliphatic carbocycles. The average Bonchev–Trinajstić information content (AvgIpc) is 2.46. The van der Waals surface area contributed by atoms with Gasteiger partial charge in [0.05, 0.1) is 4.47 Å². The first-order valence-electron chi connectivity index (χ1n) is 6.17. The van der Waals surface area contributed by atoms with Crippen LogP contribution in [0.2, 0.25) is 5.02 Å². The molecule has 0 aromatic heterocycles. The molecule has 0 aliphatic rings. The van der Waals surface area contributed by atoms with E-state index in [2.05, 4.69) is 15.9 Å². The number of ether oxygens (including phenoxy) is 1. The van der Waals surface area contributed by atoms with E-state index in [-0.39, 0.29) is 12.5 Å². The normalized spacial score (nSPS) is 10.2. The van der Waals surface area contributed by atoms with Crippen molar-refractivity contribution in [3.05, 3.63) is 52.0 Å². The van der Waals surface area contributed by atoms with Crippen molar-refractivity contribution < 1.29 is 9.53 Å². The predicted octanol–water partition coefficient (Wildman–Crippen LogP) is 3.73. The minimum atomic E-state index is -0.165. The van der Waals surface area contributed by atoms with E-state index in [1.54, 1.807) is 49.5 Å². The number of halogens is 2. The van der Waals surface area contributed by atoms with Gasteiger partial charge in [0, 0.05) is 23.4 Å². The maximum Gasteiger partial charge on any atom is 0.264 e. The average molecular weight is 370 g/mol. The van der Waals surface area contributed by atoms with Gasteiger partial charge < -0.3 is 15.4 Å². The van der Waals surface area contributed by atoms with E-state index in [0.29, 0.717) is 20.9 Å². The van der Waals surface area contributed by atoms with E-state index in [4.69, 9.17) is 22.1 Å². The van der Waals surface area contributed by atoms with Gasteiger partial charge in [-0.15, -0.1) is 0 Å². The number of nitrogen functional groups attached to an aromatic ring is 1. The lowest BCUT2D eigenvalue weighted by Crippen LogP contribution is -2.31. The Morgan fingerprint density at radius 1 is 1.29 bits per heavy atom. The molecule has 4 nitrogen and oxygen atoms in total. The molecule has 0 saturated carbocycles. The lowest BCUT2D eigenvalue weighted by atomic mass is 10.2. The van der Waals surface area contributed by atoms with Gasteiger partial charge in [-0.2, -0.15) is 0 Å². The maximum absolute atomic E-state index is 12.1. The van der Waals surface area contributed by atoms with Crippen molar-refractivity contribution in [2.24, 2.45) is 0 Å². The third-order valence-corrected chi connectivity index (χ3v) is 3.75. The molecular weight excluding hydrogens is 356 g/mol. The molecule has 0 radical (unpaired) electrons. The molecule has 0 bridgehead atoms. The summed E-state index contributed by atoms with van der Waals surface area (Å²) in [5.41, 5.74) is 7.03. The number of hydrogen-bond donors (Lipinski definition) is 1. The molecular formula is C15H14BrClN2O2. The first-order chi connectivity index (χ1) is 9.97. The minimum Gasteiger partial charge on any atom is -0.483 e. The van der Waals surface area contributed by atoms with Gasteiger partial charge >= 0.3 is 0 Å². The Bertz CT molecular complexity index is 647. The fourth-order valence-corrected chi connectivity index (χ4v) is 2.47. The Morgan fingerprint density at radius 3 is 2.57 bits per heavy atom. The molecule has 2 aromatic carbocycles. The number of nitrogens with zero attached hydrogens (tertiary/aromatic N) is 1. The molecule has 0 aliphatic heterocycles. The van der Waals surface area contributed by atoms with Gasteiger partial charge in [-0.1, -0.05) is 11.6 Å². The largest absolute Gasteiger partial charge is 0.483 e. The number of carbonyl (C=O) groups excluding carboxylic acids is 1. The van der Waals surface area contributed by atoms with Crippen molar-refractivity contribution in [2.45, 2.75) is 0 Å². The van der Waals surface area contributed by atoms with E-state index >= 15 is 0 Å². The quantitative estimate of drug-likeness (QED) is 0.836. The fourth-order valence-electron chi connectivity index (χ4n) is 1.67. The van der Waals surface area contributed by atoms with E-state index in [1.807, 2.05) is 0 Å². The number of benzene rings is 2. The summed E-state index contributed by atoms with van der Waals surface area (Å²) in [5.74, 6) is 0.403. The molecule has 110 valence electrons. The second-order valence-electron chi connectivity index (χ2n) is 4.41. The number of amides is 1. The Balaban J connectivity index is 1.99. The molecule has 0 saturated heterocycles. The highest BCUT2D eigenvalue weighted by Crippen LogP contribution is 2.28. The van der Waals surface area contributed by atoms with E-state index in [0.717, 1.165) is 5.69 Å². The van der Waals surface area contributed by atoms with E-state index < -0.39 is 0 Å². The van der Waals surface area contributed by atoms with Crippen LogP contribution in [0, 0.1) is 0 Å². The predicted molar refractivity (Wildman–Crippen MR) is 88.9 cm³/mol. The number of rotatable bonds is 4. The number of nitrogens with two attached hydrogens (primary N) is 1. The standard InChI is InChI=1S/C15H14BrClN2O2/c1-19(12-5-3-11(18)4-6-12)15(20)9-21-14-7-2-10(17)8-13(14)16/h2-8H,9,18H2,1H3. The second-order valence-corrected chi connectivity index (χ2v) is 5.70. The Morgan fingerprint density at radius 2 is 1.95 bits per heavy atom. The summed E-state index contributed by atoms with van der Waals surface area (Å²) < 4.78 is 6.20. The Kier molecular flexibility index (Phi) is 5.09. The zero-order valence-electron chi connectivity index (χ0n) is 11.3. The summed E-state index contributed by atoms with van der Waals surface area (Å²) in [6.45, 7) is -0.0683. The number of carbonyl (C=O) groups is 1. The smallest absolute Gasteiger partial charge is 0.264 e. The molecule has 2 N–H and O–H groups in total. The van der Waals surface area contributed by atoms with Crippen LogP contribution >= 0.6 is 27.5 Å². The molecule has 0 atom stereocenters. The van der Waals surface area contributed by atoms with Gasteiger partial charge in [-0.25, -0.2) is 0 Å². The highest BCUT2D eigenvalue weighted by molar-refractivity contribution is 9.10. The van der Waals surface area contributed by atoms with Gasteiger partial charge in [0.2, 0.25) is 0 Å². The van der Waals surface area contributed by atoms with Gasteiger partial charge in [0.1, 0.15) is 5.75 Å². The summed E-state index contributed by atoms with van der Waals surface area (Å²) in [6.07, 6.45) is 0. The summed E-state index contributed by atoms with van der Waals surface area (Å²) in [6, 6.07) is 12.2. The zero-order valence-corrected chi connectivity index (χ0v) is 13.7. The number of hydrogen-bond acceptors (Lipinski definition) is 3. The van der Waals surface area contributed by atoms with Crippen molar-refractivity contribution in [2.75, 3.05) is 24.3 Å². The lowest BCUT2D eigenvalue weighted by Gasteiger charge is -2.18. The maximum atomic E-state index is 12.1. The Labute approximate surface area is 136 Å². The van der Waals surface area contributed by atoms with Crippen LogP contribution in [0.15, 0.2) is 46.9 Å². The summed E-state index contributed by atoms with van der Waals surface area (Å²) in [4.78, 5) is 13.6. The van der Waals surface area contributed by atoms with E-state index in [1.165, 1.54) is 4.90 Å². The van der Waals surface area contributed by atoms with Crippen molar-refractivity contribution in [3.8, 4) is 5.75 Å². The van der Waals surface area contributed by atoms with Crippen LogP contribution in [0.4, 0.5) is 11.4 Å². The third-order valence-electron chi connectivity index (χ3n) is 2.90. The monoisotopic (exact) mass is 368 g/mol. The molecule has 0 heterocycles. The van der Waals surface area contributed by atoms with E-state index in [9.17, 15) is 4.79 Å². The van der Waals surface area contributed by atoms with Crippen molar-refractivity contribution in [3.63, 3.8) is 0 Å². The van der Waals surface area contributed by atoms with Crippen molar-refractivity contribution in [1.29, 1.82) is 0 Å². The van der Waals surface area contributed by atoms with Crippen LogP contribution in [0.3, 0.4) is 0 Å².